The molecule has 2 aromatic carbocycles. The van der Waals surface area contributed by atoms with Gasteiger partial charge >= 0.3 is 5.97 Å². The van der Waals surface area contributed by atoms with E-state index < -0.39 is 5.97 Å². The van der Waals surface area contributed by atoms with Crippen LogP contribution in [0.4, 0.5) is 0 Å². The molecule has 1 aliphatic heterocycles. The second kappa shape index (κ2) is 11.8. The highest BCUT2D eigenvalue weighted by molar-refractivity contribution is 6.02. The number of nitrogens with zero attached hydrogens (tertiary/aromatic N) is 3. The summed E-state index contributed by atoms with van der Waals surface area (Å²) in [6.45, 7) is 0.380. The first kappa shape index (κ1) is 24.8. The molecule has 0 fully saturated rings. The van der Waals surface area contributed by atoms with Crippen LogP contribution in [0, 0.1) is 0 Å². The molecule has 1 aliphatic rings. The fraction of sp³-hybridized carbons (Fsp3) is 0.360. The molecule has 2 amide bonds. The van der Waals surface area contributed by atoms with E-state index in [0.717, 1.165) is 16.8 Å². The van der Waals surface area contributed by atoms with Crippen LogP contribution in [0.2, 0.25) is 0 Å². The van der Waals surface area contributed by atoms with Gasteiger partial charge in [0.25, 0.3) is 0 Å². The van der Waals surface area contributed by atoms with Crippen LogP contribution >= 0.6 is 0 Å². The Balaban J connectivity index is 1.65. The number of ether oxygens (including phenoxy) is 3. The molecule has 0 spiro atoms. The van der Waals surface area contributed by atoms with Gasteiger partial charge in [0.15, 0.2) is 0 Å². The molecular weight excluding hydrogens is 438 g/mol. The van der Waals surface area contributed by atoms with E-state index in [0.29, 0.717) is 24.5 Å². The molecule has 3 rings (SSSR count). The third-order valence-corrected chi connectivity index (χ3v) is 5.43. The van der Waals surface area contributed by atoms with Crippen LogP contribution in [0.25, 0.3) is 0 Å². The van der Waals surface area contributed by atoms with Crippen molar-refractivity contribution >= 4 is 23.5 Å². The minimum Gasteiger partial charge on any atom is -0.497 e. The van der Waals surface area contributed by atoms with Gasteiger partial charge in [0.05, 0.1) is 33.6 Å². The van der Waals surface area contributed by atoms with Gasteiger partial charge in [-0.05, 0) is 23.3 Å². The maximum atomic E-state index is 13.0. The molecule has 0 bridgehead atoms. The summed E-state index contributed by atoms with van der Waals surface area (Å²) in [6.07, 6.45) is 0.600. The standard InChI is InChI=1S/C25H29N3O6/c1-32-20-13-18(14-21(15-20)33-2)16-27(17-25(31)34-3)23(29)9-10-24(30)28-12-11-22(26-28)19-7-5-4-6-8-19/h4-8,13-15H,9-12,16-17H2,1-3H3. The number of hydrazone groups is 1. The van der Waals surface area contributed by atoms with E-state index in [-0.39, 0.29) is 37.7 Å². The van der Waals surface area contributed by atoms with Gasteiger partial charge < -0.3 is 19.1 Å². The molecule has 0 saturated carbocycles. The monoisotopic (exact) mass is 467 g/mol. The second-order valence-corrected chi connectivity index (χ2v) is 7.73. The van der Waals surface area contributed by atoms with E-state index in [1.54, 1.807) is 18.2 Å². The molecule has 34 heavy (non-hydrogen) atoms. The number of hydrogen-bond donors (Lipinski definition) is 0. The lowest BCUT2D eigenvalue weighted by Gasteiger charge is -2.22. The Labute approximate surface area is 198 Å². The molecule has 0 atom stereocenters. The molecule has 9 nitrogen and oxygen atoms in total. The zero-order chi connectivity index (χ0) is 24.5. The summed E-state index contributed by atoms with van der Waals surface area (Å²) in [6, 6.07) is 14.9. The summed E-state index contributed by atoms with van der Waals surface area (Å²) in [7, 11) is 4.33. The van der Waals surface area contributed by atoms with Crippen LogP contribution < -0.4 is 9.47 Å². The third kappa shape index (κ3) is 6.57. The maximum Gasteiger partial charge on any atom is 0.325 e. The van der Waals surface area contributed by atoms with Crippen molar-refractivity contribution in [3.05, 3.63) is 59.7 Å². The van der Waals surface area contributed by atoms with Crippen molar-refractivity contribution in [1.82, 2.24) is 9.91 Å². The number of benzene rings is 2. The fourth-order valence-corrected chi connectivity index (χ4v) is 3.60. The molecule has 0 saturated heterocycles. The van der Waals surface area contributed by atoms with E-state index in [9.17, 15) is 14.4 Å². The maximum absolute atomic E-state index is 13.0. The molecule has 0 aromatic heterocycles. The topological polar surface area (TPSA) is 97.7 Å². The van der Waals surface area contributed by atoms with Crippen molar-refractivity contribution in [2.45, 2.75) is 25.8 Å². The summed E-state index contributed by atoms with van der Waals surface area (Å²) < 4.78 is 15.3. The average molecular weight is 468 g/mol. The molecule has 180 valence electrons. The summed E-state index contributed by atoms with van der Waals surface area (Å²) in [5, 5.41) is 5.83. The first-order valence-corrected chi connectivity index (χ1v) is 10.9. The van der Waals surface area contributed by atoms with E-state index in [1.165, 1.54) is 31.2 Å². The molecule has 0 aliphatic carbocycles. The van der Waals surface area contributed by atoms with E-state index in [1.807, 2.05) is 30.3 Å². The number of hydrogen-bond acceptors (Lipinski definition) is 7. The van der Waals surface area contributed by atoms with Gasteiger partial charge in [0.2, 0.25) is 11.8 Å². The van der Waals surface area contributed by atoms with Gasteiger partial charge in [-0.25, -0.2) is 5.01 Å². The highest BCUT2D eigenvalue weighted by Crippen LogP contribution is 2.24. The number of amides is 2. The van der Waals surface area contributed by atoms with Crippen molar-refractivity contribution in [2.75, 3.05) is 34.4 Å². The van der Waals surface area contributed by atoms with Crippen molar-refractivity contribution in [3.8, 4) is 11.5 Å². The van der Waals surface area contributed by atoms with Gasteiger partial charge in [0, 0.05) is 31.9 Å². The molecule has 0 N–H and O–H groups in total. The lowest BCUT2D eigenvalue weighted by molar-refractivity contribution is -0.147. The minimum absolute atomic E-state index is 0.0104. The second-order valence-electron chi connectivity index (χ2n) is 7.73. The lowest BCUT2D eigenvalue weighted by atomic mass is 10.1. The first-order chi connectivity index (χ1) is 16.4. The van der Waals surface area contributed by atoms with Gasteiger partial charge in [-0.2, -0.15) is 5.10 Å². The van der Waals surface area contributed by atoms with Crippen LogP contribution in [-0.2, 0) is 25.7 Å². The molecule has 0 unspecified atom stereocenters. The smallest absolute Gasteiger partial charge is 0.325 e. The van der Waals surface area contributed by atoms with E-state index in [4.69, 9.17) is 14.2 Å². The number of esters is 1. The first-order valence-electron chi connectivity index (χ1n) is 10.9. The predicted molar refractivity (Wildman–Crippen MR) is 126 cm³/mol. The number of carbonyl (C=O) groups is 3. The van der Waals surface area contributed by atoms with Gasteiger partial charge in [-0.15, -0.1) is 0 Å². The van der Waals surface area contributed by atoms with Crippen LogP contribution in [0.15, 0.2) is 53.6 Å². The van der Waals surface area contributed by atoms with Crippen molar-refractivity contribution < 1.29 is 28.6 Å². The molecule has 9 heteroatoms. The summed E-state index contributed by atoms with van der Waals surface area (Å²) >= 11 is 0. The predicted octanol–water partition coefficient (Wildman–Crippen LogP) is 2.62. The summed E-state index contributed by atoms with van der Waals surface area (Å²) in [4.78, 5) is 38.9. The summed E-state index contributed by atoms with van der Waals surface area (Å²) in [5.41, 5.74) is 2.54. The zero-order valence-electron chi connectivity index (χ0n) is 19.7. The number of rotatable bonds is 10. The Morgan fingerprint density at radius 1 is 0.971 bits per heavy atom. The molecule has 0 radical (unpaired) electrons. The Morgan fingerprint density at radius 3 is 2.26 bits per heavy atom. The third-order valence-electron chi connectivity index (χ3n) is 5.43. The SMILES string of the molecule is COC(=O)CN(Cc1cc(OC)cc(OC)c1)C(=O)CCC(=O)N1CCC(c2ccccc2)=N1. The normalized spacial score (nSPS) is 12.7. The van der Waals surface area contributed by atoms with E-state index in [2.05, 4.69) is 5.10 Å². The van der Waals surface area contributed by atoms with Gasteiger partial charge in [0.1, 0.15) is 18.0 Å². The molecular formula is C25H29N3O6. The lowest BCUT2D eigenvalue weighted by Crippen LogP contribution is -2.36. The van der Waals surface area contributed by atoms with Crippen LogP contribution in [0.1, 0.15) is 30.4 Å². The van der Waals surface area contributed by atoms with Crippen LogP contribution in [-0.4, -0.2) is 67.8 Å². The highest BCUT2D eigenvalue weighted by atomic mass is 16.5. The van der Waals surface area contributed by atoms with Gasteiger partial charge in [-0.1, -0.05) is 30.3 Å². The Hall–Kier alpha value is -3.88. The van der Waals surface area contributed by atoms with E-state index >= 15 is 0 Å². The Kier molecular flexibility index (Phi) is 8.61. The molecule has 1 heterocycles. The quantitative estimate of drug-likeness (QED) is 0.499. The Morgan fingerprint density at radius 2 is 1.65 bits per heavy atom. The van der Waals surface area contributed by atoms with Crippen molar-refractivity contribution in [1.29, 1.82) is 0 Å². The largest absolute Gasteiger partial charge is 0.497 e. The van der Waals surface area contributed by atoms with Gasteiger partial charge in [-0.3, -0.25) is 14.4 Å². The average Bonchev–Trinajstić information content (AvgIpc) is 3.37. The minimum atomic E-state index is -0.550. The Bertz CT molecular complexity index is 1030. The zero-order valence-corrected chi connectivity index (χ0v) is 19.7. The summed E-state index contributed by atoms with van der Waals surface area (Å²) in [5.74, 6) is 0.00532. The fourth-order valence-electron chi connectivity index (χ4n) is 3.60. The molecule has 2 aromatic rings. The highest BCUT2D eigenvalue weighted by Gasteiger charge is 2.24. The number of methoxy groups -OCH3 is 3. The van der Waals surface area contributed by atoms with Crippen molar-refractivity contribution in [3.63, 3.8) is 0 Å². The van der Waals surface area contributed by atoms with Crippen LogP contribution in [0.5, 0.6) is 11.5 Å². The van der Waals surface area contributed by atoms with Crippen LogP contribution in [0.3, 0.4) is 0 Å². The number of carbonyl (C=O) groups excluding carboxylic acids is 3. The van der Waals surface area contributed by atoms with Crippen molar-refractivity contribution in [2.24, 2.45) is 5.10 Å².